The fourth-order valence-corrected chi connectivity index (χ4v) is 3.23. The number of nitrogens with one attached hydrogen (secondary N) is 2. The number of urea groups is 1. The van der Waals surface area contributed by atoms with E-state index in [0.717, 1.165) is 12.8 Å². The van der Waals surface area contributed by atoms with Crippen LogP contribution in [0.3, 0.4) is 0 Å². The van der Waals surface area contributed by atoms with E-state index >= 15 is 0 Å². The number of benzene rings is 1. The van der Waals surface area contributed by atoms with E-state index in [9.17, 15) is 9.59 Å². The normalized spacial score (nSPS) is 20.9. The molecule has 3 N–H and O–H groups in total. The number of anilines is 1. The van der Waals surface area contributed by atoms with E-state index in [1.54, 1.807) is 12.1 Å². The Hall–Kier alpha value is -2.19. The highest BCUT2D eigenvalue weighted by Gasteiger charge is 2.34. The van der Waals surface area contributed by atoms with Crippen LogP contribution in [0.15, 0.2) is 12.1 Å². The number of carboxylic acids is 1. The number of likely N-dealkylation sites (N-methyl/N-ethyl adjacent to an activating group) is 1. The number of halogens is 1. The molecule has 3 rings (SSSR count). The molecule has 2 aliphatic rings. The average molecular weight is 370 g/mol. The van der Waals surface area contributed by atoms with E-state index in [2.05, 4.69) is 10.6 Å². The van der Waals surface area contributed by atoms with Crippen molar-refractivity contribution in [3.05, 3.63) is 17.2 Å². The number of rotatable bonds is 6. The summed E-state index contributed by atoms with van der Waals surface area (Å²) in [6.07, 6.45) is 1.45. The molecule has 1 aliphatic carbocycles. The Labute approximate surface area is 150 Å². The van der Waals surface area contributed by atoms with Crippen LogP contribution >= 0.6 is 11.6 Å². The summed E-state index contributed by atoms with van der Waals surface area (Å²) in [5, 5.41) is 14.8. The summed E-state index contributed by atoms with van der Waals surface area (Å²) < 4.78 is 10.5. The van der Waals surface area contributed by atoms with Gasteiger partial charge in [-0.1, -0.05) is 18.5 Å². The van der Waals surface area contributed by atoms with Crippen molar-refractivity contribution >= 4 is 29.3 Å². The van der Waals surface area contributed by atoms with Crippen LogP contribution in [0.5, 0.6) is 11.5 Å². The number of hydrogen-bond donors (Lipinski definition) is 3. The molecule has 1 aromatic rings. The lowest BCUT2D eigenvalue weighted by Crippen LogP contribution is -2.55. The second kappa shape index (κ2) is 7.37. The molecule has 0 bridgehead atoms. The van der Waals surface area contributed by atoms with Crippen molar-refractivity contribution in [2.45, 2.75) is 31.8 Å². The summed E-state index contributed by atoms with van der Waals surface area (Å²) in [6.45, 7) is 2.75. The highest BCUT2D eigenvalue weighted by molar-refractivity contribution is 6.34. The minimum absolute atomic E-state index is 0.0145. The van der Waals surface area contributed by atoms with Gasteiger partial charge < -0.3 is 25.2 Å². The van der Waals surface area contributed by atoms with Crippen LogP contribution in [0, 0.1) is 0 Å². The zero-order valence-corrected chi connectivity index (χ0v) is 14.5. The van der Waals surface area contributed by atoms with E-state index < -0.39 is 5.97 Å². The van der Waals surface area contributed by atoms with Gasteiger partial charge in [0, 0.05) is 24.2 Å². The molecule has 1 aromatic carbocycles. The number of carbonyl (C=O) groups is 2. The van der Waals surface area contributed by atoms with Gasteiger partial charge in [0.15, 0.2) is 11.5 Å². The van der Waals surface area contributed by atoms with Gasteiger partial charge in [-0.05, 0) is 19.4 Å². The number of aliphatic carboxylic acids is 1. The van der Waals surface area contributed by atoms with Crippen LogP contribution in [0.1, 0.15) is 19.8 Å². The van der Waals surface area contributed by atoms with Gasteiger partial charge in [0.05, 0.1) is 17.3 Å². The molecular formula is C16H20ClN3O5. The van der Waals surface area contributed by atoms with Crippen molar-refractivity contribution in [1.82, 2.24) is 10.2 Å². The van der Waals surface area contributed by atoms with E-state index in [1.165, 1.54) is 0 Å². The maximum Gasteiger partial charge on any atom is 0.319 e. The van der Waals surface area contributed by atoms with Crippen molar-refractivity contribution in [2.24, 2.45) is 0 Å². The molecule has 9 heteroatoms. The fourth-order valence-electron chi connectivity index (χ4n) is 3.03. The fraction of sp³-hybridized carbons (Fsp3) is 0.500. The van der Waals surface area contributed by atoms with Crippen LogP contribution < -0.4 is 20.1 Å². The van der Waals surface area contributed by atoms with Crippen molar-refractivity contribution in [3.8, 4) is 11.5 Å². The lowest BCUT2D eigenvalue weighted by Gasteiger charge is -2.42. The first kappa shape index (κ1) is 17.6. The molecule has 1 heterocycles. The molecular weight excluding hydrogens is 350 g/mol. The van der Waals surface area contributed by atoms with Gasteiger partial charge in [-0.15, -0.1) is 0 Å². The molecule has 136 valence electrons. The van der Waals surface area contributed by atoms with E-state index in [4.69, 9.17) is 26.2 Å². The summed E-state index contributed by atoms with van der Waals surface area (Å²) in [7, 11) is 0. The Balaban J connectivity index is 1.49. The van der Waals surface area contributed by atoms with Gasteiger partial charge in [-0.25, -0.2) is 4.79 Å². The Morgan fingerprint density at radius 1 is 1.32 bits per heavy atom. The van der Waals surface area contributed by atoms with Crippen LogP contribution in [-0.4, -0.2) is 54.0 Å². The SMILES string of the molecule is CCN(CC(=O)O)C1CC(NC(=O)Nc2cc3c(cc2Cl)OCO3)C1. The van der Waals surface area contributed by atoms with Gasteiger partial charge in [0.1, 0.15) is 0 Å². The predicted molar refractivity (Wildman–Crippen MR) is 91.4 cm³/mol. The second-order valence-corrected chi connectivity index (χ2v) is 6.47. The highest BCUT2D eigenvalue weighted by Crippen LogP contribution is 2.39. The molecule has 0 atom stereocenters. The molecule has 0 radical (unpaired) electrons. The monoisotopic (exact) mass is 369 g/mol. The number of nitrogens with zero attached hydrogens (tertiary/aromatic N) is 1. The second-order valence-electron chi connectivity index (χ2n) is 6.06. The summed E-state index contributed by atoms with van der Waals surface area (Å²) >= 11 is 6.13. The van der Waals surface area contributed by atoms with Crippen molar-refractivity contribution in [3.63, 3.8) is 0 Å². The molecule has 2 amide bonds. The van der Waals surface area contributed by atoms with Gasteiger partial charge in [0.2, 0.25) is 6.79 Å². The lowest BCUT2D eigenvalue weighted by atomic mass is 9.85. The van der Waals surface area contributed by atoms with Crippen molar-refractivity contribution < 1.29 is 24.2 Å². The first-order valence-electron chi connectivity index (χ1n) is 8.08. The molecule has 0 spiro atoms. The van der Waals surface area contributed by atoms with Crippen molar-refractivity contribution in [1.29, 1.82) is 0 Å². The van der Waals surface area contributed by atoms with Gasteiger partial charge in [-0.3, -0.25) is 9.69 Å². The molecule has 0 saturated heterocycles. The van der Waals surface area contributed by atoms with E-state index in [0.29, 0.717) is 28.8 Å². The van der Waals surface area contributed by atoms with Crippen LogP contribution in [0.4, 0.5) is 10.5 Å². The van der Waals surface area contributed by atoms with Gasteiger partial charge >= 0.3 is 12.0 Å². The number of fused-ring (bicyclic) bond motifs is 1. The third kappa shape index (κ3) is 4.08. The molecule has 8 nitrogen and oxygen atoms in total. The Morgan fingerprint density at radius 3 is 2.64 bits per heavy atom. The lowest BCUT2D eigenvalue weighted by molar-refractivity contribution is -0.139. The zero-order chi connectivity index (χ0) is 18.0. The zero-order valence-electron chi connectivity index (χ0n) is 13.8. The number of amides is 2. The Bertz CT molecular complexity index is 678. The molecule has 1 saturated carbocycles. The minimum Gasteiger partial charge on any atom is -0.480 e. The Kier molecular flexibility index (Phi) is 5.19. The maximum atomic E-state index is 12.1. The maximum absolute atomic E-state index is 12.1. The van der Waals surface area contributed by atoms with Crippen LogP contribution in [0.2, 0.25) is 5.02 Å². The first-order chi connectivity index (χ1) is 12.0. The standard InChI is InChI=1S/C16H20ClN3O5/c1-2-20(7-15(21)22)10-3-9(4-10)18-16(23)19-12-6-14-13(5-11(12)17)24-8-25-14/h5-6,9-10H,2-4,7-8H2,1H3,(H,21,22)(H2,18,19,23). The molecule has 1 fully saturated rings. The molecule has 25 heavy (non-hydrogen) atoms. The number of carbonyl (C=O) groups excluding carboxylic acids is 1. The molecule has 0 aromatic heterocycles. The van der Waals surface area contributed by atoms with Crippen molar-refractivity contribution in [2.75, 3.05) is 25.2 Å². The van der Waals surface area contributed by atoms with Gasteiger partial charge in [-0.2, -0.15) is 0 Å². The molecule has 0 unspecified atom stereocenters. The number of carboxylic acid groups (broad SMARTS) is 1. The quantitative estimate of drug-likeness (QED) is 0.710. The van der Waals surface area contributed by atoms with E-state index in [-0.39, 0.29) is 31.5 Å². The largest absolute Gasteiger partial charge is 0.480 e. The minimum atomic E-state index is -0.839. The Morgan fingerprint density at radius 2 is 2.00 bits per heavy atom. The average Bonchev–Trinajstić information content (AvgIpc) is 2.95. The summed E-state index contributed by atoms with van der Waals surface area (Å²) in [5.74, 6) is 0.250. The summed E-state index contributed by atoms with van der Waals surface area (Å²) in [6, 6.07) is 3.07. The van der Waals surface area contributed by atoms with Crippen LogP contribution in [0.25, 0.3) is 0 Å². The molecule has 1 aliphatic heterocycles. The highest BCUT2D eigenvalue weighted by atomic mass is 35.5. The van der Waals surface area contributed by atoms with Crippen LogP contribution in [-0.2, 0) is 4.79 Å². The number of ether oxygens (including phenoxy) is 2. The van der Waals surface area contributed by atoms with Gasteiger partial charge in [0.25, 0.3) is 0 Å². The third-order valence-corrected chi connectivity index (χ3v) is 4.73. The smallest absolute Gasteiger partial charge is 0.319 e. The topological polar surface area (TPSA) is 100 Å². The summed E-state index contributed by atoms with van der Waals surface area (Å²) in [5.41, 5.74) is 0.445. The predicted octanol–water partition coefficient (Wildman–Crippen LogP) is 2.13. The summed E-state index contributed by atoms with van der Waals surface area (Å²) in [4.78, 5) is 24.9. The van der Waals surface area contributed by atoms with E-state index in [1.807, 2.05) is 11.8 Å². The number of hydrogen-bond acceptors (Lipinski definition) is 5. The first-order valence-corrected chi connectivity index (χ1v) is 8.46. The third-order valence-electron chi connectivity index (χ3n) is 4.42.